The topological polar surface area (TPSA) is 24.9 Å². The lowest BCUT2D eigenvalue weighted by Gasteiger charge is -2.23. The van der Waals surface area contributed by atoms with E-state index in [0.717, 1.165) is 10.3 Å². The molecular formula is C11H15BrN2. The minimum absolute atomic E-state index is 0.637. The summed E-state index contributed by atoms with van der Waals surface area (Å²) in [6.45, 7) is 0. The van der Waals surface area contributed by atoms with Gasteiger partial charge in [-0.15, -0.1) is 0 Å². The highest BCUT2D eigenvalue weighted by molar-refractivity contribution is 9.10. The lowest BCUT2D eigenvalue weighted by molar-refractivity contribution is 0.462. The lowest BCUT2D eigenvalue weighted by Crippen LogP contribution is -2.22. The van der Waals surface area contributed by atoms with Crippen molar-refractivity contribution in [2.45, 2.75) is 38.1 Å². The van der Waals surface area contributed by atoms with Gasteiger partial charge in [-0.3, -0.25) is 0 Å². The molecule has 1 saturated carbocycles. The van der Waals surface area contributed by atoms with Crippen LogP contribution >= 0.6 is 15.9 Å². The number of hydrogen-bond acceptors (Lipinski definition) is 2. The summed E-state index contributed by atoms with van der Waals surface area (Å²) in [6, 6.07) is 4.69. The average Bonchev–Trinajstić information content (AvgIpc) is 2.23. The smallest absolute Gasteiger partial charge is 0.126 e. The third-order valence-corrected chi connectivity index (χ3v) is 3.15. The second-order valence-electron chi connectivity index (χ2n) is 3.84. The molecule has 0 aliphatic heterocycles. The van der Waals surface area contributed by atoms with E-state index in [-0.39, 0.29) is 0 Å². The van der Waals surface area contributed by atoms with Crippen LogP contribution in [0.5, 0.6) is 0 Å². The molecule has 1 fully saturated rings. The summed E-state index contributed by atoms with van der Waals surface area (Å²) in [5, 5.41) is 3.48. The number of halogens is 1. The Labute approximate surface area is 93.3 Å². The Hall–Kier alpha value is -0.570. The number of nitrogens with one attached hydrogen (secondary N) is 1. The Bertz CT molecular complexity index is 278. The highest BCUT2D eigenvalue weighted by Crippen LogP contribution is 2.21. The summed E-state index contributed by atoms with van der Waals surface area (Å²) in [7, 11) is 0. The van der Waals surface area contributed by atoms with Crippen LogP contribution in [0.2, 0.25) is 0 Å². The Balaban J connectivity index is 1.92. The van der Waals surface area contributed by atoms with Crippen molar-refractivity contribution >= 4 is 21.7 Å². The van der Waals surface area contributed by atoms with Gasteiger partial charge >= 0.3 is 0 Å². The van der Waals surface area contributed by atoms with E-state index in [1.54, 1.807) is 0 Å². The molecule has 76 valence electrons. The third kappa shape index (κ3) is 2.71. The highest BCUT2D eigenvalue weighted by Gasteiger charge is 2.12. The molecule has 14 heavy (non-hydrogen) atoms. The number of pyridine rings is 1. The summed E-state index contributed by atoms with van der Waals surface area (Å²) in [5.41, 5.74) is 0. The minimum Gasteiger partial charge on any atom is -0.367 e. The van der Waals surface area contributed by atoms with Gasteiger partial charge in [-0.1, -0.05) is 19.3 Å². The number of rotatable bonds is 2. The molecule has 1 aromatic heterocycles. The van der Waals surface area contributed by atoms with Crippen molar-refractivity contribution in [1.82, 2.24) is 4.98 Å². The van der Waals surface area contributed by atoms with Crippen LogP contribution in [-0.4, -0.2) is 11.0 Å². The van der Waals surface area contributed by atoms with Crippen molar-refractivity contribution in [3.8, 4) is 0 Å². The molecule has 0 spiro atoms. The van der Waals surface area contributed by atoms with Gasteiger partial charge in [-0.2, -0.15) is 0 Å². The zero-order valence-corrected chi connectivity index (χ0v) is 9.76. The molecule has 2 nitrogen and oxygen atoms in total. The monoisotopic (exact) mass is 255 g/mol. The molecule has 1 heterocycles. The molecular weight excluding hydrogens is 241 g/mol. The number of hydrogen-bond donors (Lipinski definition) is 1. The third-order valence-electron chi connectivity index (χ3n) is 2.68. The first-order valence-electron chi connectivity index (χ1n) is 5.23. The molecule has 0 radical (unpaired) electrons. The molecule has 1 aliphatic carbocycles. The van der Waals surface area contributed by atoms with E-state index < -0.39 is 0 Å². The van der Waals surface area contributed by atoms with E-state index >= 15 is 0 Å². The molecule has 0 aromatic carbocycles. The normalized spacial score (nSPS) is 18.1. The van der Waals surface area contributed by atoms with Crippen LogP contribution in [0.4, 0.5) is 5.82 Å². The van der Waals surface area contributed by atoms with Crippen molar-refractivity contribution in [2.75, 3.05) is 5.32 Å². The first-order valence-corrected chi connectivity index (χ1v) is 6.02. The van der Waals surface area contributed by atoms with E-state index in [0.29, 0.717) is 6.04 Å². The maximum atomic E-state index is 4.31. The van der Waals surface area contributed by atoms with Crippen LogP contribution in [0.25, 0.3) is 0 Å². The van der Waals surface area contributed by atoms with Gasteiger partial charge in [0, 0.05) is 16.7 Å². The van der Waals surface area contributed by atoms with E-state index in [4.69, 9.17) is 0 Å². The van der Waals surface area contributed by atoms with E-state index in [1.165, 1.54) is 32.1 Å². The summed E-state index contributed by atoms with van der Waals surface area (Å²) in [4.78, 5) is 4.31. The zero-order valence-electron chi connectivity index (χ0n) is 8.17. The predicted octanol–water partition coefficient (Wildman–Crippen LogP) is 3.59. The molecule has 1 aliphatic rings. The molecule has 2 rings (SSSR count). The van der Waals surface area contributed by atoms with Gasteiger partial charge in [-0.25, -0.2) is 4.98 Å². The Morgan fingerprint density at radius 1 is 1.21 bits per heavy atom. The van der Waals surface area contributed by atoms with Crippen LogP contribution in [0.3, 0.4) is 0 Å². The second-order valence-corrected chi connectivity index (χ2v) is 4.76. The van der Waals surface area contributed by atoms with Crippen molar-refractivity contribution < 1.29 is 0 Å². The van der Waals surface area contributed by atoms with Crippen LogP contribution in [0.1, 0.15) is 32.1 Å². The zero-order chi connectivity index (χ0) is 9.80. The Morgan fingerprint density at radius 3 is 2.64 bits per heavy atom. The van der Waals surface area contributed by atoms with Crippen molar-refractivity contribution in [2.24, 2.45) is 0 Å². The second kappa shape index (κ2) is 4.78. The van der Waals surface area contributed by atoms with Gasteiger partial charge in [0.2, 0.25) is 0 Å². The average molecular weight is 256 g/mol. The quantitative estimate of drug-likeness (QED) is 0.874. The number of anilines is 1. The van der Waals surface area contributed by atoms with Gasteiger partial charge in [0.15, 0.2) is 0 Å². The summed E-state index contributed by atoms with van der Waals surface area (Å²) < 4.78 is 1.03. The van der Waals surface area contributed by atoms with E-state index in [9.17, 15) is 0 Å². The fraction of sp³-hybridized carbons (Fsp3) is 0.545. The highest BCUT2D eigenvalue weighted by atomic mass is 79.9. The van der Waals surface area contributed by atoms with Crippen molar-refractivity contribution in [1.29, 1.82) is 0 Å². The standard InChI is InChI=1S/C11H15BrN2/c12-9-6-7-11(13-8-9)14-10-4-2-1-3-5-10/h6-8,10H,1-5H2,(H,13,14)/i11+1. The van der Waals surface area contributed by atoms with Gasteiger partial charge in [0.25, 0.3) is 0 Å². The summed E-state index contributed by atoms with van der Waals surface area (Å²) >= 11 is 3.38. The van der Waals surface area contributed by atoms with Crippen LogP contribution in [0, 0.1) is 0 Å². The first-order chi connectivity index (χ1) is 6.84. The molecule has 1 N–H and O–H groups in total. The van der Waals surface area contributed by atoms with Crippen LogP contribution in [0.15, 0.2) is 22.8 Å². The molecule has 3 heteroatoms. The van der Waals surface area contributed by atoms with E-state index in [2.05, 4.69) is 26.2 Å². The molecule has 0 bridgehead atoms. The van der Waals surface area contributed by atoms with Crippen LogP contribution in [-0.2, 0) is 0 Å². The molecule has 1 aromatic rings. The lowest BCUT2D eigenvalue weighted by atomic mass is 9.96. The maximum absolute atomic E-state index is 4.31. The largest absolute Gasteiger partial charge is 0.367 e. The Kier molecular flexibility index (Phi) is 3.40. The van der Waals surface area contributed by atoms with Crippen molar-refractivity contribution in [3.05, 3.63) is 22.8 Å². The summed E-state index contributed by atoms with van der Waals surface area (Å²) in [6.07, 6.45) is 8.52. The molecule has 0 amide bonds. The molecule has 0 saturated heterocycles. The van der Waals surface area contributed by atoms with Crippen molar-refractivity contribution in [3.63, 3.8) is 0 Å². The van der Waals surface area contributed by atoms with E-state index in [1.807, 2.05) is 18.3 Å². The van der Waals surface area contributed by atoms with Gasteiger partial charge in [0.1, 0.15) is 5.82 Å². The van der Waals surface area contributed by atoms with Gasteiger partial charge in [0.05, 0.1) is 0 Å². The SMILES string of the molecule is Brc1cc[13c](NC2CCCCC2)nc1. The number of aromatic nitrogens is 1. The van der Waals surface area contributed by atoms with Gasteiger partial charge < -0.3 is 5.32 Å². The van der Waals surface area contributed by atoms with Crippen LogP contribution < -0.4 is 5.32 Å². The predicted molar refractivity (Wildman–Crippen MR) is 62.4 cm³/mol. The first kappa shape index (κ1) is 9.97. The minimum atomic E-state index is 0.637. The number of nitrogens with zero attached hydrogens (tertiary/aromatic N) is 1. The summed E-state index contributed by atoms with van der Waals surface area (Å²) in [5.74, 6) is 1.00. The maximum Gasteiger partial charge on any atom is 0.126 e. The fourth-order valence-corrected chi connectivity index (χ4v) is 2.15. The molecule has 0 unspecified atom stereocenters. The Morgan fingerprint density at radius 2 is 2.00 bits per heavy atom. The molecule has 0 atom stereocenters. The van der Waals surface area contributed by atoms with Gasteiger partial charge in [-0.05, 0) is 40.9 Å². The fourth-order valence-electron chi connectivity index (χ4n) is 1.92.